The van der Waals surface area contributed by atoms with E-state index >= 15 is 0 Å². The molecule has 0 spiro atoms. The second-order valence-electron chi connectivity index (χ2n) is 7.56. The molecule has 0 bridgehead atoms. The zero-order valence-corrected chi connectivity index (χ0v) is 17.4. The van der Waals surface area contributed by atoms with Gasteiger partial charge in [0.05, 0.1) is 7.11 Å². The van der Waals surface area contributed by atoms with Gasteiger partial charge in [0, 0.05) is 55.3 Å². The molecule has 1 aliphatic heterocycles. The van der Waals surface area contributed by atoms with Gasteiger partial charge in [-0.25, -0.2) is 4.79 Å². The lowest BCUT2D eigenvalue weighted by molar-refractivity contribution is -0.131. The van der Waals surface area contributed by atoms with Crippen molar-refractivity contribution in [3.05, 3.63) is 70.1 Å². The van der Waals surface area contributed by atoms with E-state index in [9.17, 15) is 9.59 Å². The summed E-state index contributed by atoms with van der Waals surface area (Å²) in [5.74, 6) is 0.721. The molecule has 1 fully saturated rings. The van der Waals surface area contributed by atoms with Crippen LogP contribution in [0.25, 0.3) is 11.0 Å². The summed E-state index contributed by atoms with van der Waals surface area (Å²) < 4.78 is 10.7. The van der Waals surface area contributed by atoms with E-state index in [1.54, 1.807) is 13.2 Å². The summed E-state index contributed by atoms with van der Waals surface area (Å²) in [6, 6.07) is 15.7. The third-order valence-electron chi connectivity index (χ3n) is 5.84. The van der Waals surface area contributed by atoms with Crippen molar-refractivity contribution in [1.29, 1.82) is 0 Å². The topological polar surface area (TPSA) is 63.0 Å². The van der Waals surface area contributed by atoms with Crippen LogP contribution in [-0.4, -0.2) is 44.1 Å². The Balaban J connectivity index is 1.41. The number of hydrogen-bond donors (Lipinski definition) is 0. The Labute approximate surface area is 175 Å². The highest BCUT2D eigenvalue weighted by Crippen LogP contribution is 2.24. The molecule has 0 saturated carbocycles. The number of nitrogens with zero attached hydrogens (tertiary/aromatic N) is 2. The first kappa shape index (κ1) is 20.0. The molecule has 1 saturated heterocycles. The van der Waals surface area contributed by atoms with Crippen molar-refractivity contribution in [2.45, 2.75) is 19.8 Å². The zero-order chi connectivity index (χ0) is 21.1. The normalized spacial score (nSPS) is 14.2. The maximum atomic E-state index is 12.7. The smallest absolute Gasteiger partial charge is 0.339 e. The van der Waals surface area contributed by atoms with Gasteiger partial charge < -0.3 is 19.0 Å². The molecule has 0 aliphatic carbocycles. The van der Waals surface area contributed by atoms with E-state index in [1.807, 2.05) is 42.2 Å². The van der Waals surface area contributed by atoms with Crippen LogP contribution in [0.3, 0.4) is 0 Å². The zero-order valence-electron chi connectivity index (χ0n) is 17.4. The first-order valence-corrected chi connectivity index (χ1v) is 10.2. The molecule has 0 N–H and O–H groups in total. The van der Waals surface area contributed by atoms with Gasteiger partial charge in [0.15, 0.2) is 0 Å². The van der Waals surface area contributed by atoms with Gasteiger partial charge in [0.25, 0.3) is 0 Å². The number of benzene rings is 2. The van der Waals surface area contributed by atoms with Crippen molar-refractivity contribution < 1.29 is 13.9 Å². The predicted octanol–water partition coefficient (Wildman–Crippen LogP) is 3.39. The van der Waals surface area contributed by atoms with Gasteiger partial charge in [0.1, 0.15) is 11.3 Å². The molecule has 6 nitrogen and oxygen atoms in total. The minimum Gasteiger partial charge on any atom is -0.497 e. The van der Waals surface area contributed by atoms with Crippen LogP contribution in [-0.2, 0) is 11.2 Å². The lowest BCUT2D eigenvalue weighted by atomic mass is 10.0. The number of carbonyl (C=O) groups excluding carboxylic acids is 1. The van der Waals surface area contributed by atoms with E-state index in [-0.39, 0.29) is 11.5 Å². The molecular formula is C24H26N2O4. The maximum absolute atomic E-state index is 12.7. The number of piperazine rings is 1. The van der Waals surface area contributed by atoms with Crippen LogP contribution in [0.1, 0.15) is 17.5 Å². The molecule has 1 aliphatic rings. The first-order chi connectivity index (χ1) is 14.6. The summed E-state index contributed by atoms with van der Waals surface area (Å²) in [5.41, 5.74) is 2.75. The fourth-order valence-corrected chi connectivity index (χ4v) is 4.03. The average Bonchev–Trinajstić information content (AvgIpc) is 2.79. The number of amides is 1. The van der Waals surface area contributed by atoms with Gasteiger partial charge in [0.2, 0.25) is 5.91 Å². The number of methoxy groups -OCH3 is 1. The lowest BCUT2D eigenvalue weighted by Crippen LogP contribution is -2.48. The molecule has 0 radical (unpaired) electrons. The van der Waals surface area contributed by atoms with Crippen LogP contribution in [0.2, 0.25) is 0 Å². The number of aryl methyl sites for hydroxylation is 1. The summed E-state index contributed by atoms with van der Waals surface area (Å²) in [7, 11) is 1.58. The molecule has 6 heteroatoms. The van der Waals surface area contributed by atoms with Gasteiger partial charge in [-0.05, 0) is 43.2 Å². The Morgan fingerprint density at radius 2 is 1.80 bits per heavy atom. The standard InChI is InChI=1S/C24H26N2O4/c1-17-20-9-8-19(29-2)16-22(20)30-24(28)21(17)10-11-23(27)26-14-12-25(13-15-26)18-6-4-3-5-7-18/h3-9,16H,10-15H2,1-2H3. The third kappa shape index (κ3) is 4.03. The highest BCUT2D eigenvalue weighted by atomic mass is 16.5. The number of anilines is 1. The molecule has 0 atom stereocenters. The summed E-state index contributed by atoms with van der Waals surface area (Å²) in [4.78, 5) is 29.4. The van der Waals surface area contributed by atoms with E-state index in [1.165, 1.54) is 5.69 Å². The molecule has 30 heavy (non-hydrogen) atoms. The van der Waals surface area contributed by atoms with Crippen LogP contribution >= 0.6 is 0 Å². The molecule has 1 aromatic heterocycles. The van der Waals surface area contributed by atoms with Crippen LogP contribution in [0.15, 0.2) is 57.7 Å². The quantitative estimate of drug-likeness (QED) is 0.608. The lowest BCUT2D eigenvalue weighted by Gasteiger charge is -2.36. The first-order valence-electron chi connectivity index (χ1n) is 10.2. The van der Waals surface area contributed by atoms with E-state index in [0.717, 1.165) is 24.0 Å². The Kier molecular flexibility index (Phi) is 5.74. The number of hydrogen-bond acceptors (Lipinski definition) is 5. The minimum atomic E-state index is -0.380. The second kappa shape index (κ2) is 8.61. The van der Waals surface area contributed by atoms with Crippen LogP contribution in [0, 0.1) is 6.92 Å². The average molecular weight is 406 g/mol. The summed E-state index contributed by atoms with van der Waals surface area (Å²) in [6.45, 7) is 4.92. The Morgan fingerprint density at radius 1 is 1.07 bits per heavy atom. The molecule has 2 aromatic carbocycles. The van der Waals surface area contributed by atoms with E-state index in [2.05, 4.69) is 17.0 Å². The Hall–Kier alpha value is -3.28. The number of carbonyl (C=O) groups is 1. The van der Waals surface area contributed by atoms with Crippen LogP contribution in [0.4, 0.5) is 5.69 Å². The third-order valence-corrected chi connectivity index (χ3v) is 5.84. The van der Waals surface area contributed by atoms with Gasteiger partial charge in [-0.1, -0.05) is 18.2 Å². The van der Waals surface area contributed by atoms with Gasteiger partial charge in [-0.15, -0.1) is 0 Å². The highest BCUT2D eigenvalue weighted by Gasteiger charge is 2.22. The van der Waals surface area contributed by atoms with Crippen molar-refractivity contribution in [3.63, 3.8) is 0 Å². The van der Waals surface area contributed by atoms with Crippen molar-refractivity contribution in [2.75, 3.05) is 38.2 Å². The Bertz CT molecular complexity index is 1100. The molecule has 3 aromatic rings. The van der Waals surface area contributed by atoms with Crippen LogP contribution < -0.4 is 15.3 Å². The molecule has 2 heterocycles. The van der Waals surface area contributed by atoms with Crippen LogP contribution in [0.5, 0.6) is 5.75 Å². The number of fused-ring (bicyclic) bond motifs is 1. The number of rotatable bonds is 5. The predicted molar refractivity (Wildman–Crippen MR) is 117 cm³/mol. The fraction of sp³-hybridized carbons (Fsp3) is 0.333. The molecular weight excluding hydrogens is 380 g/mol. The number of ether oxygens (including phenoxy) is 1. The summed E-state index contributed by atoms with van der Waals surface area (Å²) in [5, 5.41) is 0.870. The molecule has 0 unspecified atom stereocenters. The number of para-hydroxylation sites is 1. The minimum absolute atomic E-state index is 0.0799. The Morgan fingerprint density at radius 3 is 2.50 bits per heavy atom. The van der Waals surface area contributed by atoms with Gasteiger partial charge in [-0.2, -0.15) is 0 Å². The van der Waals surface area contributed by atoms with E-state index < -0.39 is 0 Å². The van der Waals surface area contributed by atoms with Gasteiger partial charge >= 0.3 is 5.63 Å². The fourth-order valence-electron chi connectivity index (χ4n) is 4.03. The molecule has 156 valence electrons. The van der Waals surface area contributed by atoms with Gasteiger partial charge in [-0.3, -0.25) is 4.79 Å². The monoisotopic (exact) mass is 406 g/mol. The van der Waals surface area contributed by atoms with Crippen molar-refractivity contribution >= 4 is 22.6 Å². The largest absolute Gasteiger partial charge is 0.497 e. The summed E-state index contributed by atoms with van der Waals surface area (Å²) in [6.07, 6.45) is 0.687. The molecule has 4 rings (SSSR count). The summed E-state index contributed by atoms with van der Waals surface area (Å²) >= 11 is 0. The van der Waals surface area contributed by atoms with Crippen molar-refractivity contribution in [1.82, 2.24) is 4.90 Å². The van der Waals surface area contributed by atoms with Crippen molar-refractivity contribution in [3.8, 4) is 5.75 Å². The second-order valence-corrected chi connectivity index (χ2v) is 7.56. The van der Waals surface area contributed by atoms with E-state index in [0.29, 0.717) is 42.8 Å². The van der Waals surface area contributed by atoms with Crippen molar-refractivity contribution in [2.24, 2.45) is 0 Å². The highest BCUT2D eigenvalue weighted by molar-refractivity contribution is 5.83. The van der Waals surface area contributed by atoms with E-state index in [4.69, 9.17) is 9.15 Å². The molecule has 1 amide bonds. The maximum Gasteiger partial charge on any atom is 0.339 e. The SMILES string of the molecule is COc1ccc2c(C)c(CCC(=O)N3CCN(c4ccccc4)CC3)c(=O)oc2c1.